The number of carbonyl (C=O) groups excluding carboxylic acids is 1. The largest absolute Gasteiger partial charge is 0.481 e. The Kier molecular flexibility index (Phi) is 3.59. The van der Waals surface area contributed by atoms with Crippen LogP contribution in [0.3, 0.4) is 0 Å². The number of benzene rings is 1. The van der Waals surface area contributed by atoms with E-state index in [2.05, 4.69) is 0 Å². The molecule has 0 saturated carbocycles. The molecule has 108 valence electrons. The van der Waals surface area contributed by atoms with Gasteiger partial charge >= 0.3 is 5.97 Å². The molecule has 21 heavy (non-hydrogen) atoms. The van der Waals surface area contributed by atoms with Gasteiger partial charge in [-0.1, -0.05) is 23.7 Å². The monoisotopic (exact) mass is 320 g/mol. The summed E-state index contributed by atoms with van der Waals surface area (Å²) in [5.74, 6) is -1.40. The van der Waals surface area contributed by atoms with Crippen molar-refractivity contribution in [1.82, 2.24) is 0 Å². The molecule has 2 aromatic rings. The molecule has 3 rings (SSSR count). The number of ketones is 1. The maximum absolute atomic E-state index is 12.8. The summed E-state index contributed by atoms with van der Waals surface area (Å²) in [7, 11) is 0. The average molecular weight is 321 g/mol. The minimum atomic E-state index is -0.813. The lowest BCUT2D eigenvalue weighted by molar-refractivity contribution is -0.138. The highest BCUT2D eigenvalue weighted by Gasteiger charge is 2.35. The SMILES string of the molecule is Cc1sc2c(c1C(=O)c1ccccc1Cl)CCC2C(=O)O. The van der Waals surface area contributed by atoms with Crippen LogP contribution in [0.4, 0.5) is 0 Å². The van der Waals surface area contributed by atoms with E-state index >= 15 is 0 Å². The summed E-state index contributed by atoms with van der Waals surface area (Å²) in [4.78, 5) is 25.7. The van der Waals surface area contributed by atoms with Gasteiger partial charge in [-0.25, -0.2) is 0 Å². The van der Waals surface area contributed by atoms with Crippen molar-refractivity contribution in [3.05, 3.63) is 55.7 Å². The van der Waals surface area contributed by atoms with Crippen molar-refractivity contribution in [2.75, 3.05) is 0 Å². The molecule has 0 saturated heterocycles. The maximum atomic E-state index is 12.8. The maximum Gasteiger partial charge on any atom is 0.311 e. The zero-order valence-electron chi connectivity index (χ0n) is 11.4. The number of thiophene rings is 1. The smallest absolute Gasteiger partial charge is 0.311 e. The molecule has 0 fully saturated rings. The summed E-state index contributed by atoms with van der Waals surface area (Å²) in [6.45, 7) is 1.87. The molecule has 0 spiro atoms. The molecule has 0 amide bonds. The van der Waals surface area contributed by atoms with Gasteiger partial charge in [0.15, 0.2) is 5.78 Å². The van der Waals surface area contributed by atoms with E-state index in [4.69, 9.17) is 11.6 Å². The van der Waals surface area contributed by atoms with Crippen molar-refractivity contribution in [3.8, 4) is 0 Å². The molecule has 3 nitrogen and oxygen atoms in total. The van der Waals surface area contributed by atoms with E-state index in [0.717, 1.165) is 15.3 Å². The van der Waals surface area contributed by atoms with Crippen molar-refractivity contribution in [2.24, 2.45) is 0 Å². The Morgan fingerprint density at radius 3 is 2.71 bits per heavy atom. The van der Waals surface area contributed by atoms with E-state index in [1.807, 2.05) is 6.92 Å². The highest BCUT2D eigenvalue weighted by atomic mass is 35.5. The van der Waals surface area contributed by atoms with Gasteiger partial charge in [0.05, 0.1) is 10.9 Å². The van der Waals surface area contributed by atoms with Crippen molar-refractivity contribution in [1.29, 1.82) is 0 Å². The molecule has 5 heteroatoms. The lowest BCUT2D eigenvalue weighted by atomic mass is 9.99. The number of hydrogen-bond donors (Lipinski definition) is 1. The van der Waals surface area contributed by atoms with E-state index in [1.54, 1.807) is 24.3 Å². The molecule has 1 aromatic heterocycles. The van der Waals surface area contributed by atoms with Gasteiger partial charge in [0, 0.05) is 20.9 Å². The van der Waals surface area contributed by atoms with Crippen LogP contribution in [-0.4, -0.2) is 16.9 Å². The third-order valence-corrected chi connectivity index (χ3v) is 5.45. The fourth-order valence-electron chi connectivity index (χ4n) is 2.88. The molecular weight excluding hydrogens is 308 g/mol. The second-order valence-electron chi connectivity index (χ2n) is 5.11. The Morgan fingerprint density at radius 1 is 1.33 bits per heavy atom. The predicted octanol–water partition coefficient (Wildman–Crippen LogP) is 4.06. The van der Waals surface area contributed by atoms with Crippen LogP contribution < -0.4 is 0 Å². The molecule has 0 bridgehead atoms. The van der Waals surface area contributed by atoms with Crippen LogP contribution in [-0.2, 0) is 11.2 Å². The van der Waals surface area contributed by atoms with Crippen molar-refractivity contribution in [2.45, 2.75) is 25.7 Å². The zero-order valence-corrected chi connectivity index (χ0v) is 12.9. The van der Waals surface area contributed by atoms with E-state index in [1.165, 1.54) is 11.3 Å². The molecule has 1 aromatic carbocycles. The number of fused-ring (bicyclic) bond motifs is 1. The minimum Gasteiger partial charge on any atom is -0.481 e. The quantitative estimate of drug-likeness (QED) is 0.868. The lowest BCUT2D eigenvalue weighted by Crippen LogP contribution is -2.06. The third-order valence-electron chi connectivity index (χ3n) is 3.86. The predicted molar refractivity (Wildman–Crippen MR) is 82.6 cm³/mol. The Labute approximate surface area is 131 Å². The molecule has 1 unspecified atom stereocenters. The first-order valence-electron chi connectivity index (χ1n) is 6.65. The van der Waals surface area contributed by atoms with E-state index in [0.29, 0.717) is 29.0 Å². The number of carboxylic acids is 1. The van der Waals surface area contributed by atoms with Gasteiger partial charge in [0.1, 0.15) is 0 Å². The van der Waals surface area contributed by atoms with E-state index in [-0.39, 0.29) is 5.78 Å². The van der Waals surface area contributed by atoms with Crippen molar-refractivity contribution in [3.63, 3.8) is 0 Å². The molecule has 1 aliphatic carbocycles. The van der Waals surface area contributed by atoms with Crippen LogP contribution >= 0.6 is 22.9 Å². The van der Waals surface area contributed by atoms with Gasteiger partial charge in [-0.2, -0.15) is 0 Å². The van der Waals surface area contributed by atoms with Gasteiger partial charge in [0.2, 0.25) is 0 Å². The standard InChI is InChI=1S/C16H13ClO3S/c1-8-13(14(18)9-4-2-3-5-12(9)17)10-6-7-11(16(19)20)15(10)21-8/h2-5,11H,6-7H2,1H3,(H,19,20). The van der Waals surface area contributed by atoms with Gasteiger partial charge in [-0.05, 0) is 37.5 Å². The Bertz CT molecular complexity index is 748. The van der Waals surface area contributed by atoms with Crippen LogP contribution in [0.25, 0.3) is 0 Å². The number of aliphatic carboxylic acids is 1. The lowest BCUT2D eigenvalue weighted by Gasteiger charge is -2.05. The number of carboxylic acid groups (broad SMARTS) is 1. The Morgan fingerprint density at radius 2 is 2.05 bits per heavy atom. The zero-order chi connectivity index (χ0) is 15.1. The highest BCUT2D eigenvalue weighted by molar-refractivity contribution is 7.12. The first-order chi connectivity index (χ1) is 10.0. The number of rotatable bonds is 3. The summed E-state index contributed by atoms with van der Waals surface area (Å²) < 4.78 is 0. The fourth-order valence-corrected chi connectivity index (χ4v) is 4.43. The number of carbonyl (C=O) groups is 2. The van der Waals surface area contributed by atoms with Crippen LogP contribution in [0.5, 0.6) is 0 Å². The Hall–Kier alpha value is -1.65. The molecule has 1 N–H and O–H groups in total. The topological polar surface area (TPSA) is 54.4 Å². The normalized spacial score (nSPS) is 16.8. The fraction of sp³-hybridized carbons (Fsp3) is 0.250. The summed E-state index contributed by atoms with van der Waals surface area (Å²) >= 11 is 7.53. The minimum absolute atomic E-state index is 0.110. The first kappa shape index (κ1) is 14.3. The van der Waals surface area contributed by atoms with E-state index < -0.39 is 11.9 Å². The van der Waals surface area contributed by atoms with Crippen LogP contribution in [0, 0.1) is 6.92 Å². The second-order valence-corrected chi connectivity index (χ2v) is 6.78. The molecule has 0 radical (unpaired) electrons. The summed E-state index contributed by atoms with van der Waals surface area (Å²) in [5, 5.41) is 9.69. The number of aryl methyl sites for hydroxylation is 1. The molecule has 0 aliphatic heterocycles. The third kappa shape index (κ3) is 2.28. The van der Waals surface area contributed by atoms with Crippen molar-refractivity contribution < 1.29 is 14.7 Å². The summed E-state index contributed by atoms with van der Waals surface area (Å²) in [6.07, 6.45) is 1.21. The second kappa shape index (κ2) is 5.28. The van der Waals surface area contributed by atoms with Crippen LogP contribution in [0.15, 0.2) is 24.3 Å². The highest BCUT2D eigenvalue weighted by Crippen LogP contribution is 2.43. The van der Waals surface area contributed by atoms with Crippen LogP contribution in [0.2, 0.25) is 5.02 Å². The molecule has 1 atom stereocenters. The van der Waals surface area contributed by atoms with Crippen LogP contribution in [0.1, 0.15) is 43.6 Å². The first-order valence-corrected chi connectivity index (χ1v) is 7.84. The number of hydrogen-bond acceptors (Lipinski definition) is 3. The van der Waals surface area contributed by atoms with Gasteiger partial charge < -0.3 is 5.11 Å². The molecule has 1 heterocycles. The Balaban J connectivity index is 2.09. The van der Waals surface area contributed by atoms with Gasteiger partial charge in [-0.3, -0.25) is 9.59 Å². The summed E-state index contributed by atoms with van der Waals surface area (Å²) in [6, 6.07) is 6.96. The average Bonchev–Trinajstić information content (AvgIpc) is 2.96. The van der Waals surface area contributed by atoms with Crippen molar-refractivity contribution >= 4 is 34.7 Å². The van der Waals surface area contributed by atoms with E-state index in [9.17, 15) is 14.7 Å². The van der Waals surface area contributed by atoms with Gasteiger partial charge in [-0.15, -0.1) is 11.3 Å². The summed E-state index contributed by atoms with van der Waals surface area (Å²) in [5.41, 5.74) is 2.02. The van der Waals surface area contributed by atoms with Gasteiger partial charge in [0.25, 0.3) is 0 Å². The molecule has 1 aliphatic rings. The number of halogens is 1. The molecular formula is C16H13ClO3S.